The number of ether oxygens (including phenoxy) is 1. The number of carbonyl (C=O) groups excluding carboxylic acids is 2. The molecular weight excluding hydrogens is 196 g/mol. The molecular formula is C10H16N2O3. The van der Waals surface area contributed by atoms with Crippen LogP contribution in [-0.4, -0.2) is 29.7 Å². The van der Waals surface area contributed by atoms with E-state index in [2.05, 4.69) is 17.3 Å². The number of hydrazine groups is 1. The molecule has 0 aliphatic heterocycles. The molecule has 2 amide bonds. The molecule has 0 heterocycles. The van der Waals surface area contributed by atoms with Crippen LogP contribution in [0.25, 0.3) is 0 Å². The molecule has 0 saturated carbocycles. The Morgan fingerprint density at radius 2 is 1.87 bits per heavy atom. The first kappa shape index (κ1) is 13.3. The molecule has 0 radical (unpaired) electrons. The van der Waals surface area contributed by atoms with Crippen molar-refractivity contribution in [3.63, 3.8) is 0 Å². The SMILES string of the molecule is CC#CC(=O)NN(C)C(=O)OC(C)(C)C. The maximum absolute atomic E-state index is 11.3. The number of rotatable bonds is 0. The smallest absolute Gasteiger partial charge is 0.428 e. The van der Waals surface area contributed by atoms with Crippen molar-refractivity contribution in [2.24, 2.45) is 0 Å². The maximum Gasteiger partial charge on any atom is 0.428 e. The largest absolute Gasteiger partial charge is 0.442 e. The molecule has 0 fully saturated rings. The highest BCUT2D eigenvalue weighted by atomic mass is 16.6. The van der Waals surface area contributed by atoms with Crippen molar-refractivity contribution in [1.29, 1.82) is 0 Å². The Morgan fingerprint density at radius 1 is 1.33 bits per heavy atom. The summed E-state index contributed by atoms with van der Waals surface area (Å²) in [5, 5.41) is 0.956. The Balaban J connectivity index is 4.21. The summed E-state index contributed by atoms with van der Waals surface area (Å²) in [6.45, 7) is 6.76. The van der Waals surface area contributed by atoms with Gasteiger partial charge in [0.1, 0.15) is 5.60 Å². The quantitative estimate of drug-likeness (QED) is 0.479. The third-order valence-corrected chi connectivity index (χ3v) is 1.18. The van der Waals surface area contributed by atoms with Gasteiger partial charge in [-0.25, -0.2) is 9.80 Å². The van der Waals surface area contributed by atoms with Crippen LogP contribution in [0.1, 0.15) is 27.7 Å². The molecule has 15 heavy (non-hydrogen) atoms. The van der Waals surface area contributed by atoms with E-state index < -0.39 is 17.6 Å². The van der Waals surface area contributed by atoms with Crippen LogP contribution >= 0.6 is 0 Å². The highest BCUT2D eigenvalue weighted by molar-refractivity contribution is 5.94. The molecule has 0 aliphatic carbocycles. The first-order valence-electron chi connectivity index (χ1n) is 4.46. The van der Waals surface area contributed by atoms with Crippen molar-refractivity contribution >= 4 is 12.0 Å². The summed E-state index contributed by atoms with van der Waals surface area (Å²) < 4.78 is 5.00. The van der Waals surface area contributed by atoms with Gasteiger partial charge < -0.3 is 4.74 Å². The van der Waals surface area contributed by atoms with Crippen LogP contribution in [-0.2, 0) is 9.53 Å². The predicted molar refractivity (Wildman–Crippen MR) is 55.6 cm³/mol. The van der Waals surface area contributed by atoms with E-state index in [0.717, 1.165) is 5.01 Å². The molecule has 5 nitrogen and oxygen atoms in total. The van der Waals surface area contributed by atoms with Crippen LogP contribution in [0.3, 0.4) is 0 Å². The fourth-order valence-electron chi connectivity index (χ4n) is 0.670. The summed E-state index contributed by atoms with van der Waals surface area (Å²) in [6.07, 6.45) is -0.631. The summed E-state index contributed by atoms with van der Waals surface area (Å²) >= 11 is 0. The summed E-state index contributed by atoms with van der Waals surface area (Å²) in [7, 11) is 1.39. The molecule has 0 rings (SSSR count). The second-order valence-corrected chi connectivity index (χ2v) is 3.86. The molecule has 0 aromatic rings. The Labute approximate surface area is 89.7 Å². The van der Waals surface area contributed by atoms with Crippen molar-refractivity contribution < 1.29 is 14.3 Å². The fraction of sp³-hybridized carbons (Fsp3) is 0.600. The van der Waals surface area contributed by atoms with Gasteiger partial charge in [-0.05, 0) is 33.6 Å². The summed E-state index contributed by atoms with van der Waals surface area (Å²) in [4.78, 5) is 22.3. The van der Waals surface area contributed by atoms with E-state index >= 15 is 0 Å². The number of amides is 2. The maximum atomic E-state index is 11.3. The highest BCUT2D eigenvalue weighted by Crippen LogP contribution is 2.07. The van der Waals surface area contributed by atoms with Gasteiger partial charge in [-0.1, -0.05) is 5.92 Å². The van der Waals surface area contributed by atoms with Crippen LogP contribution in [0.4, 0.5) is 4.79 Å². The lowest BCUT2D eigenvalue weighted by Crippen LogP contribution is -2.45. The van der Waals surface area contributed by atoms with Crippen molar-refractivity contribution in [3.8, 4) is 11.8 Å². The van der Waals surface area contributed by atoms with Crippen LogP contribution in [0, 0.1) is 11.8 Å². The van der Waals surface area contributed by atoms with Gasteiger partial charge >= 0.3 is 12.0 Å². The van der Waals surface area contributed by atoms with Gasteiger partial charge in [-0.15, -0.1) is 0 Å². The molecule has 0 aliphatic rings. The number of nitrogens with one attached hydrogen (secondary N) is 1. The molecule has 1 N–H and O–H groups in total. The van der Waals surface area contributed by atoms with E-state index in [1.54, 1.807) is 20.8 Å². The van der Waals surface area contributed by atoms with Crippen molar-refractivity contribution in [2.75, 3.05) is 7.05 Å². The molecule has 0 saturated heterocycles. The molecule has 0 aromatic carbocycles. The zero-order valence-corrected chi connectivity index (χ0v) is 9.67. The van der Waals surface area contributed by atoms with Crippen LogP contribution in [0.15, 0.2) is 0 Å². The third kappa shape index (κ3) is 6.38. The lowest BCUT2D eigenvalue weighted by Gasteiger charge is -2.24. The molecule has 0 spiro atoms. The first-order valence-corrected chi connectivity index (χ1v) is 4.46. The van der Waals surface area contributed by atoms with Crippen molar-refractivity contribution in [1.82, 2.24) is 10.4 Å². The molecule has 0 bridgehead atoms. The second kappa shape index (κ2) is 5.25. The molecule has 0 atom stereocenters. The van der Waals surface area contributed by atoms with E-state index in [-0.39, 0.29) is 0 Å². The lowest BCUT2D eigenvalue weighted by molar-refractivity contribution is -0.119. The topological polar surface area (TPSA) is 58.6 Å². The average Bonchev–Trinajstić information content (AvgIpc) is 2.00. The fourth-order valence-corrected chi connectivity index (χ4v) is 0.670. The van der Waals surface area contributed by atoms with Gasteiger partial charge in [0.2, 0.25) is 0 Å². The van der Waals surface area contributed by atoms with Gasteiger partial charge in [0.15, 0.2) is 0 Å². The minimum Gasteiger partial charge on any atom is -0.442 e. The second-order valence-electron chi connectivity index (χ2n) is 3.86. The highest BCUT2D eigenvalue weighted by Gasteiger charge is 2.20. The van der Waals surface area contributed by atoms with Crippen LogP contribution < -0.4 is 5.43 Å². The van der Waals surface area contributed by atoms with E-state index in [4.69, 9.17) is 4.74 Å². The van der Waals surface area contributed by atoms with Crippen LogP contribution in [0.5, 0.6) is 0 Å². The monoisotopic (exact) mass is 212 g/mol. The minimum absolute atomic E-state index is 0.550. The Kier molecular flexibility index (Phi) is 4.65. The molecule has 0 unspecified atom stereocenters. The van der Waals surface area contributed by atoms with E-state index in [0.29, 0.717) is 0 Å². The molecule has 5 heteroatoms. The Morgan fingerprint density at radius 3 is 2.27 bits per heavy atom. The summed E-state index contributed by atoms with van der Waals surface area (Å²) in [5.41, 5.74) is 1.66. The Hall–Kier alpha value is -1.70. The summed E-state index contributed by atoms with van der Waals surface area (Å²) in [5.74, 6) is 4.11. The number of nitrogens with zero attached hydrogens (tertiary/aromatic N) is 1. The van der Waals surface area contributed by atoms with Gasteiger partial charge in [0.25, 0.3) is 0 Å². The Bertz CT molecular complexity index is 307. The zero-order chi connectivity index (χ0) is 12.1. The van der Waals surface area contributed by atoms with E-state index in [1.165, 1.54) is 14.0 Å². The van der Waals surface area contributed by atoms with E-state index in [1.807, 2.05) is 0 Å². The van der Waals surface area contributed by atoms with Gasteiger partial charge in [0.05, 0.1) is 0 Å². The number of hydrogen-bond donors (Lipinski definition) is 1. The van der Waals surface area contributed by atoms with Gasteiger partial charge in [-0.3, -0.25) is 10.2 Å². The predicted octanol–water partition coefficient (Wildman–Crippen LogP) is 0.908. The van der Waals surface area contributed by atoms with Gasteiger partial charge in [-0.2, -0.15) is 0 Å². The minimum atomic E-state index is -0.631. The zero-order valence-electron chi connectivity index (χ0n) is 9.67. The van der Waals surface area contributed by atoms with Crippen LogP contribution in [0.2, 0.25) is 0 Å². The van der Waals surface area contributed by atoms with Gasteiger partial charge in [0, 0.05) is 7.05 Å². The third-order valence-electron chi connectivity index (χ3n) is 1.18. The standard InChI is InChI=1S/C10H16N2O3/c1-6-7-8(13)11-12(5)9(14)15-10(2,3)4/h1-5H3,(H,11,13). The number of carbonyl (C=O) groups is 2. The lowest BCUT2D eigenvalue weighted by atomic mass is 10.2. The van der Waals surface area contributed by atoms with Crippen molar-refractivity contribution in [2.45, 2.75) is 33.3 Å². The first-order chi connectivity index (χ1) is 6.76. The average molecular weight is 212 g/mol. The molecule has 84 valence electrons. The van der Waals surface area contributed by atoms with E-state index in [9.17, 15) is 9.59 Å². The molecule has 0 aromatic heterocycles. The summed E-state index contributed by atoms with van der Waals surface area (Å²) in [6, 6.07) is 0. The normalized spacial score (nSPS) is 9.67. The van der Waals surface area contributed by atoms with Crippen molar-refractivity contribution in [3.05, 3.63) is 0 Å². The number of hydrogen-bond acceptors (Lipinski definition) is 3.